The van der Waals surface area contributed by atoms with E-state index >= 15 is 0 Å². The molecule has 2 heterocycles. The van der Waals surface area contributed by atoms with Crippen LogP contribution in [0.1, 0.15) is 63.1 Å². The lowest BCUT2D eigenvalue weighted by atomic mass is 9.82. The SMILES string of the molecule is Cc1cc(C2=CC3CCCC(C2)N3C(=O)OC(C)(C)C)cc(C)c1F. The molecule has 2 aliphatic heterocycles. The van der Waals surface area contributed by atoms with Gasteiger partial charge in [0.25, 0.3) is 0 Å². The minimum atomic E-state index is -0.486. The molecule has 1 aromatic rings. The van der Waals surface area contributed by atoms with E-state index in [1.807, 2.05) is 51.7 Å². The monoisotopic (exact) mass is 345 g/mol. The van der Waals surface area contributed by atoms with Crippen LogP contribution >= 0.6 is 0 Å². The van der Waals surface area contributed by atoms with Crippen molar-refractivity contribution in [2.75, 3.05) is 0 Å². The number of amides is 1. The van der Waals surface area contributed by atoms with Gasteiger partial charge in [0.15, 0.2) is 0 Å². The lowest BCUT2D eigenvalue weighted by molar-refractivity contribution is 0.0000840. The molecule has 0 spiro atoms. The van der Waals surface area contributed by atoms with Gasteiger partial charge in [0.1, 0.15) is 11.4 Å². The summed E-state index contributed by atoms with van der Waals surface area (Å²) in [6, 6.07) is 4.09. The molecular formula is C21H28FNO2. The van der Waals surface area contributed by atoms with Gasteiger partial charge in [-0.05, 0) is 94.7 Å². The summed E-state index contributed by atoms with van der Waals surface area (Å²) in [5.41, 5.74) is 3.17. The molecule has 3 rings (SSSR count). The van der Waals surface area contributed by atoms with Gasteiger partial charge in [-0.1, -0.05) is 6.08 Å². The number of rotatable bonds is 1. The van der Waals surface area contributed by atoms with E-state index in [-0.39, 0.29) is 24.0 Å². The summed E-state index contributed by atoms with van der Waals surface area (Å²) in [5, 5.41) is 0. The first-order valence-corrected chi connectivity index (χ1v) is 9.15. The zero-order valence-electron chi connectivity index (χ0n) is 15.9. The summed E-state index contributed by atoms with van der Waals surface area (Å²) in [5.74, 6) is -0.129. The topological polar surface area (TPSA) is 29.5 Å². The molecule has 2 unspecified atom stereocenters. The van der Waals surface area contributed by atoms with Crippen molar-refractivity contribution >= 4 is 11.7 Å². The number of hydrogen-bond donors (Lipinski definition) is 0. The van der Waals surface area contributed by atoms with E-state index in [9.17, 15) is 9.18 Å². The molecule has 3 nitrogen and oxygen atoms in total. The molecule has 0 N–H and O–H groups in total. The van der Waals surface area contributed by atoms with Crippen molar-refractivity contribution in [1.82, 2.24) is 4.90 Å². The standard InChI is InChI=1S/C21H28FNO2/c1-13-9-15(10-14(2)19(13)22)16-11-17-7-6-8-18(12-16)23(17)20(24)25-21(3,4)5/h9-11,17-18H,6-8,12H2,1-5H3. The van der Waals surface area contributed by atoms with Crippen molar-refractivity contribution in [2.45, 2.75) is 78.0 Å². The second kappa shape index (κ2) is 6.47. The third-order valence-corrected chi connectivity index (χ3v) is 5.05. The van der Waals surface area contributed by atoms with Crippen molar-refractivity contribution in [3.05, 3.63) is 40.7 Å². The van der Waals surface area contributed by atoms with E-state index in [2.05, 4.69) is 6.08 Å². The third kappa shape index (κ3) is 3.73. The van der Waals surface area contributed by atoms with Crippen molar-refractivity contribution in [3.8, 4) is 0 Å². The molecule has 1 saturated heterocycles. The molecule has 1 aromatic carbocycles. The van der Waals surface area contributed by atoms with Gasteiger partial charge in [-0.15, -0.1) is 0 Å². The average molecular weight is 345 g/mol. The molecule has 25 heavy (non-hydrogen) atoms. The van der Waals surface area contributed by atoms with E-state index in [1.165, 1.54) is 5.57 Å². The average Bonchev–Trinajstić information content (AvgIpc) is 2.49. The van der Waals surface area contributed by atoms with Crippen LogP contribution in [0.25, 0.3) is 5.57 Å². The first-order valence-electron chi connectivity index (χ1n) is 9.15. The van der Waals surface area contributed by atoms with Crippen LogP contribution in [0.2, 0.25) is 0 Å². The number of fused-ring (bicyclic) bond motifs is 2. The highest BCUT2D eigenvalue weighted by Crippen LogP contribution is 2.38. The Hall–Kier alpha value is -1.84. The van der Waals surface area contributed by atoms with Crippen LogP contribution < -0.4 is 0 Å². The van der Waals surface area contributed by atoms with Crippen LogP contribution in [0, 0.1) is 19.7 Å². The number of ether oxygens (including phenoxy) is 1. The van der Waals surface area contributed by atoms with Crippen LogP contribution in [-0.2, 0) is 4.74 Å². The van der Waals surface area contributed by atoms with Gasteiger partial charge in [-0.2, -0.15) is 0 Å². The molecule has 1 amide bonds. The van der Waals surface area contributed by atoms with E-state index in [1.54, 1.807) is 0 Å². The van der Waals surface area contributed by atoms with Crippen LogP contribution in [0.4, 0.5) is 9.18 Å². The van der Waals surface area contributed by atoms with Gasteiger partial charge in [-0.3, -0.25) is 4.90 Å². The summed E-state index contributed by atoms with van der Waals surface area (Å²) in [4.78, 5) is 14.6. The number of carbonyl (C=O) groups is 1. The maximum Gasteiger partial charge on any atom is 0.411 e. The number of nitrogens with zero attached hydrogens (tertiary/aromatic N) is 1. The largest absolute Gasteiger partial charge is 0.444 e. The van der Waals surface area contributed by atoms with Gasteiger partial charge in [0.05, 0.1) is 6.04 Å². The summed E-state index contributed by atoms with van der Waals surface area (Å²) in [7, 11) is 0. The summed E-state index contributed by atoms with van der Waals surface area (Å²) < 4.78 is 19.6. The molecule has 1 fully saturated rings. The summed E-state index contributed by atoms with van der Waals surface area (Å²) >= 11 is 0. The zero-order chi connectivity index (χ0) is 18.4. The smallest absolute Gasteiger partial charge is 0.411 e. The lowest BCUT2D eigenvalue weighted by Gasteiger charge is -2.45. The number of aryl methyl sites for hydroxylation is 2. The highest BCUT2D eigenvalue weighted by molar-refractivity contribution is 5.75. The van der Waals surface area contributed by atoms with Crippen LogP contribution in [0.3, 0.4) is 0 Å². The van der Waals surface area contributed by atoms with Crippen molar-refractivity contribution in [3.63, 3.8) is 0 Å². The maximum atomic E-state index is 13.9. The Balaban J connectivity index is 1.90. The highest BCUT2D eigenvalue weighted by Gasteiger charge is 2.39. The first-order chi connectivity index (χ1) is 11.7. The molecule has 0 radical (unpaired) electrons. The number of benzene rings is 1. The molecule has 0 saturated carbocycles. The maximum absolute atomic E-state index is 13.9. The molecule has 0 aromatic heterocycles. The van der Waals surface area contributed by atoms with Crippen LogP contribution in [0.5, 0.6) is 0 Å². The second-order valence-electron chi connectivity index (χ2n) is 8.36. The number of hydrogen-bond acceptors (Lipinski definition) is 2. The fourth-order valence-electron chi connectivity index (χ4n) is 3.97. The number of carbonyl (C=O) groups excluding carboxylic acids is 1. The van der Waals surface area contributed by atoms with Crippen molar-refractivity contribution < 1.29 is 13.9 Å². The predicted molar refractivity (Wildman–Crippen MR) is 98.0 cm³/mol. The summed E-state index contributed by atoms with van der Waals surface area (Å²) in [6.07, 6.45) is 5.85. The van der Waals surface area contributed by atoms with Gasteiger partial charge in [0, 0.05) is 6.04 Å². The van der Waals surface area contributed by atoms with Crippen molar-refractivity contribution in [1.29, 1.82) is 0 Å². The number of halogens is 1. The first kappa shape index (κ1) is 18.0. The minimum Gasteiger partial charge on any atom is -0.444 e. The zero-order valence-corrected chi connectivity index (χ0v) is 15.9. The fourth-order valence-corrected chi connectivity index (χ4v) is 3.97. The summed E-state index contributed by atoms with van der Waals surface area (Å²) in [6.45, 7) is 9.31. The third-order valence-electron chi connectivity index (χ3n) is 5.05. The fraction of sp³-hybridized carbons (Fsp3) is 0.571. The Morgan fingerprint density at radius 1 is 1.20 bits per heavy atom. The Bertz CT molecular complexity index is 694. The Morgan fingerprint density at radius 2 is 1.84 bits per heavy atom. The van der Waals surface area contributed by atoms with E-state index in [0.29, 0.717) is 11.1 Å². The Labute approximate surface area is 149 Å². The predicted octanol–water partition coefficient (Wildman–Crippen LogP) is 5.39. The second-order valence-corrected chi connectivity index (χ2v) is 8.36. The van der Waals surface area contributed by atoms with E-state index < -0.39 is 5.60 Å². The van der Waals surface area contributed by atoms with Crippen LogP contribution in [0.15, 0.2) is 18.2 Å². The highest BCUT2D eigenvalue weighted by atomic mass is 19.1. The molecule has 0 aliphatic carbocycles. The Kier molecular flexibility index (Phi) is 4.65. The normalized spacial score (nSPS) is 23.3. The minimum absolute atomic E-state index is 0.0722. The van der Waals surface area contributed by atoms with Crippen LogP contribution in [-0.4, -0.2) is 28.7 Å². The quantitative estimate of drug-likeness (QED) is 0.683. The molecular weight excluding hydrogens is 317 g/mol. The van der Waals surface area contributed by atoms with Gasteiger partial charge in [0.2, 0.25) is 0 Å². The van der Waals surface area contributed by atoms with Gasteiger partial charge in [-0.25, -0.2) is 9.18 Å². The lowest BCUT2D eigenvalue weighted by Crippen LogP contribution is -2.53. The molecule has 2 bridgehead atoms. The van der Waals surface area contributed by atoms with Crippen molar-refractivity contribution in [2.24, 2.45) is 0 Å². The Morgan fingerprint density at radius 3 is 2.40 bits per heavy atom. The molecule has 4 heteroatoms. The van der Waals surface area contributed by atoms with E-state index in [4.69, 9.17) is 4.74 Å². The molecule has 136 valence electrons. The van der Waals surface area contributed by atoms with Gasteiger partial charge < -0.3 is 4.74 Å². The van der Waals surface area contributed by atoms with E-state index in [0.717, 1.165) is 31.2 Å². The van der Waals surface area contributed by atoms with Gasteiger partial charge >= 0.3 is 6.09 Å². The molecule has 2 aliphatic rings. The number of piperidine rings is 1. The molecule has 2 atom stereocenters.